The van der Waals surface area contributed by atoms with E-state index < -0.39 is 5.97 Å². The number of benzene rings is 1. The monoisotopic (exact) mass is 518 g/mol. The van der Waals surface area contributed by atoms with Crippen molar-refractivity contribution in [2.45, 2.75) is 135 Å². The minimum atomic E-state index is -0.413. The van der Waals surface area contributed by atoms with Crippen LogP contribution in [0.4, 0.5) is 0 Å². The van der Waals surface area contributed by atoms with Gasteiger partial charge >= 0.3 is 5.97 Å². The van der Waals surface area contributed by atoms with Crippen LogP contribution in [0, 0.1) is 0 Å². The molecule has 1 rings (SSSR count). The summed E-state index contributed by atoms with van der Waals surface area (Å²) >= 11 is 0. The number of aromatic hydroxyl groups is 2. The number of hydrogen-bond acceptors (Lipinski definition) is 5. The van der Waals surface area contributed by atoms with E-state index in [0.29, 0.717) is 12.2 Å². The Balaban J connectivity index is 1.86. The summed E-state index contributed by atoms with van der Waals surface area (Å²) in [5.41, 5.74) is 0.544. The van der Waals surface area contributed by atoms with Crippen molar-refractivity contribution in [3.63, 3.8) is 0 Å². The number of carbonyl (C=O) groups is 1. The number of phenolic OH excluding ortho intramolecular Hbond substituents is 2. The number of ether oxygens (including phenoxy) is 2. The van der Waals surface area contributed by atoms with Gasteiger partial charge < -0.3 is 19.7 Å². The molecular formula is C32H54O5. The Bertz CT molecular complexity index is 728. The highest BCUT2D eigenvalue weighted by Gasteiger charge is 2.08. The Kier molecular flexibility index (Phi) is 20.4. The minimum Gasteiger partial charge on any atom is -0.504 e. The van der Waals surface area contributed by atoms with Gasteiger partial charge in [0.25, 0.3) is 0 Å². The van der Waals surface area contributed by atoms with Gasteiger partial charge in [-0.05, 0) is 30.2 Å². The van der Waals surface area contributed by atoms with Crippen LogP contribution in [0.2, 0.25) is 0 Å². The van der Waals surface area contributed by atoms with Gasteiger partial charge in [-0.2, -0.15) is 0 Å². The molecule has 0 bridgehead atoms. The van der Waals surface area contributed by atoms with E-state index in [1.165, 1.54) is 147 Å². The van der Waals surface area contributed by atoms with Crippen LogP contribution in [0.15, 0.2) is 18.2 Å². The van der Waals surface area contributed by atoms with Crippen LogP contribution in [0.1, 0.15) is 141 Å². The Hall–Kier alpha value is -2.17. The largest absolute Gasteiger partial charge is 0.504 e. The fourth-order valence-corrected chi connectivity index (χ4v) is 4.61. The van der Waals surface area contributed by atoms with E-state index in [9.17, 15) is 15.0 Å². The average Bonchev–Trinajstić information content (AvgIpc) is 2.90. The first-order valence-electron chi connectivity index (χ1n) is 15.0. The molecule has 0 unspecified atom stereocenters. The maximum absolute atomic E-state index is 11.9. The van der Waals surface area contributed by atoms with Crippen molar-refractivity contribution in [3.8, 4) is 17.2 Å². The smallest absolute Gasteiger partial charge is 0.330 e. The number of rotatable bonds is 24. The number of phenols is 2. The molecule has 0 saturated heterocycles. The molecule has 0 aliphatic rings. The summed E-state index contributed by atoms with van der Waals surface area (Å²) in [6.07, 6.45) is 29.7. The molecule has 0 saturated carbocycles. The highest BCUT2D eigenvalue weighted by Crippen LogP contribution is 2.36. The number of methoxy groups -OCH3 is 1. The van der Waals surface area contributed by atoms with E-state index in [1.54, 1.807) is 0 Å². The van der Waals surface area contributed by atoms with Crippen LogP contribution < -0.4 is 4.74 Å². The first-order valence-corrected chi connectivity index (χ1v) is 15.0. The molecule has 0 amide bonds. The Morgan fingerprint density at radius 3 is 1.57 bits per heavy atom. The van der Waals surface area contributed by atoms with Gasteiger partial charge in [0, 0.05) is 6.08 Å². The van der Waals surface area contributed by atoms with E-state index in [2.05, 4.69) is 6.92 Å². The number of carbonyl (C=O) groups excluding carboxylic acids is 1. The van der Waals surface area contributed by atoms with Crippen molar-refractivity contribution >= 4 is 12.0 Å². The van der Waals surface area contributed by atoms with Gasteiger partial charge in [-0.3, -0.25) is 0 Å². The van der Waals surface area contributed by atoms with Gasteiger partial charge in [0.05, 0.1) is 13.7 Å². The second-order valence-electron chi connectivity index (χ2n) is 10.3. The molecule has 0 aliphatic heterocycles. The van der Waals surface area contributed by atoms with Gasteiger partial charge in [-0.1, -0.05) is 129 Å². The summed E-state index contributed by atoms with van der Waals surface area (Å²) < 4.78 is 10.2. The molecule has 0 atom stereocenters. The van der Waals surface area contributed by atoms with Gasteiger partial charge in [-0.25, -0.2) is 4.79 Å². The predicted molar refractivity (Wildman–Crippen MR) is 154 cm³/mol. The number of esters is 1. The molecule has 0 spiro atoms. The van der Waals surface area contributed by atoms with Crippen LogP contribution in [0.3, 0.4) is 0 Å². The minimum absolute atomic E-state index is 0.150. The van der Waals surface area contributed by atoms with Crippen molar-refractivity contribution in [3.05, 3.63) is 23.8 Å². The third kappa shape index (κ3) is 17.8. The maximum atomic E-state index is 11.9. The molecule has 5 nitrogen and oxygen atoms in total. The molecule has 212 valence electrons. The lowest BCUT2D eigenvalue weighted by atomic mass is 10.0. The van der Waals surface area contributed by atoms with Gasteiger partial charge in [0.2, 0.25) is 5.75 Å². The van der Waals surface area contributed by atoms with Crippen LogP contribution in [-0.4, -0.2) is 29.9 Å². The van der Waals surface area contributed by atoms with Crippen molar-refractivity contribution in [2.24, 2.45) is 0 Å². The standard InChI is InChI=1S/C32H54O5/c1-3-4-5-6-7-8-9-10-11-12-13-14-15-16-17-18-19-20-21-22-25-37-31(34)24-23-28-26-29(33)32(35)30(27-28)36-2/h23-24,26-27,33,35H,3-22,25H2,1-2H3. The fourth-order valence-electron chi connectivity index (χ4n) is 4.61. The average molecular weight is 519 g/mol. The Morgan fingerprint density at radius 2 is 1.14 bits per heavy atom. The van der Waals surface area contributed by atoms with E-state index in [1.807, 2.05) is 0 Å². The molecule has 5 heteroatoms. The van der Waals surface area contributed by atoms with Crippen molar-refractivity contribution in [2.75, 3.05) is 13.7 Å². The Morgan fingerprint density at radius 1 is 0.703 bits per heavy atom. The molecule has 1 aromatic rings. The lowest BCUT2D eigenvalue weighted by Crippen LogP contribution is -2.02. The molecular weight excluding hydrogens is 464 g/mol. The second kappa shape index (κ2) is 23.0. The zero-order valence-electron chi connectivity index (χ0n) is 23.8. The van der Waals surface area contributed by atoms with Crippen LogP contribution in [-0.2, 0) is 9.53 Å². The van der Waals surface area contributed by atoms with Gasteiger partial charge in [-0.15, -0.1) is 0 Å². The summed E-state index contributed by atoms with van der Waals surface area (Å²) in [5.74, 6) is -0.875. The quantitative estimate of drug-likeness (QED) is 0.0617. The topological polar surface area (TPSA) is 76.0 Å². The van der Waals surface area contributed by atoms with Crippen LogP contribution >= 0.6 is 0 Å². The zero-order valence-corrected chi connectivity index (χ0v) is 23.8. The highest BCUT2D eigenvalue weighted by molar-refractivity contribution is 5.87. The molecule has 1 aromatic carbocycles. The van der Waals surface area contributed by atoms with Crippen LogP contribution in [0.5, 0.6) is 17.2 Å². The van der Waals surface area contributed by atoms with Gasteiger partial charge in [0.1, 0.15) is 0 Å². The van der Waals surface area contributed by atoms with Crippen LogP contribution in [0.25, 0.3) is 6.08 Å². The van der Waals surface area contributed by atoms with E-state index in [4.69, 9.17) is 9.47 Å². The number of unbranched alkanes of at least 4 members (excludes halogenated alkanes) is 19. The Labute approximate surface area is 226 Å². The van der Waals surface area contributed by atoms with Crippen molar-refractivity contribution in [1.29, 1.82) is 0 Å². The van der Waals surface area contributed by atoms with E-state index >= 15 is 0 Å². The molecule has 0 heterocycles. The SMILES string of the molecule is CCCCCCCCCCCCCCCCCCCCCCOC(=O)C=Cc1cc(O)c(O)c(OC)c1. The summed E-state index contributed by atoms with van der Waals surface area (Å²) in [6.45, 7) is 2.70. The summed E-state index contributed by atoms with van der Waals surface area (Å²) in [7, 11) is 1.40. The lowest BCUT2D eigenvalue weighted by molar-refractivity contribution is -0.137. The molecule has 0 aromatic heterocycles. The first kappa shape index (κ1) is 32.9. The number of hydrogen-bond donors (Lipinski definition) is 2. The molecule has 0 aliphatic carbocycles. The normalized spacial score (nSPS) is 11.3. The van der Waals surface area contributed by atoms with Gasteiger partial charge in [0.15, 0.2) is 11.5 Å². The highest BCUT2D eigenvalue weighted by atomic mass is 16.5. The molecule has 0 radical (unpaired) electrons. The molecule has 0 fully saturated rings. The summed E-state index contributed by atoms with van der Waals surface area (Å²) in [4.78, 5) is 11.9. The third-order valence-electron chi connectivity index (χ3n) is 6.95. The van der Waals surface area contributed by atoms with Crippen molar-refractivity contribution < 1.29 is 24.5 Å². The second-order valence-corrected chi connectivity index (χ2v) is 10.3. The van der Waals surface area contributed by atoms with E-state index in [-0.39, 0.29) is 17.2 Å². The van der Waals surface area contributed by atoms with E-state index in [0.717, 1.165) is 12.8 Å². The third-order valence-corrected chi connectivity index (χ3v) is 6.95. The first-order chi connectivity index (χ1) is 18.1. The summed E-state index contributed by atoms with van der Waals surface area (Å²) in [6, 6.07) is 2.90. The lowest BCUT2D eigenvalue weighted by Gasteiger charge is -2.06. The summed E-state index contributed by atoms with van der Waals surface area (Å²) in [5, 5.41) is 19.3. The maximum Gasteiger partial charge on any atom is 0.330 e. The molecule has 2 N–H and O–H groups in total. The zero-order chi connectivity index (χ0) is 27.0. The fraction of sp³-hybridized carbons (Fsp3) is 0.719. The molecule has 37 heavy (non-hydrogen) atoms. The predicted octanol–water partition coefficient (Wildman–Crippen LogP) is 9.48. The van der Waals surface area contributed by atoms with Crippen molar-refractivity contribution in [1.82, 2.24) is 0 Å².